The number of nitro benzene ring substituents is 1. The Bertz CT molecular complexity index is 1300. The van der Waals surface area contributed by atoms with Crippen molar-refractivity contribution in [2.45, 2.75) is 18.9 Å². The number of anilines is 2. The Kier molecular flexibility index (Phi) is 7.14. The molecule has 2 atom stereocenters. The van der Waals surface area contributed by atoms with Gasteiger partial charge in [0.2, 0.25) is 11.8 Å². The van der Waals surface area contributed by atoms with Crippen molar-refractivity contribution in [2.24, 2.45) is 5.92 Å². The van der Waals surface area contributed by atoms with Gasteiger partial charge in [-0.15, -0.1) is 0 Å². The van der Waals surface area contributed by atoms with Crippen LogP contribution in [-0.2, 0) is 9.59 Å². The molecular formula is C26H24FN3O6. The van der Waals surface area contributed by atoms with Crippen molar-refractivity contribution in [1.29, 1.82) is 0 Å². The zero-order valence-electron chi connectivity index (χ0n) is 19.6. The van der Waals surface area contributed by atoms with E-state index in [0.29, 0.717) is 22.7 Å². The summed E-state index contributed by atoms with van der Waals surface area (Å²) in [4.78, 5) is 38.8. The van der Waals surface area contributed by atoms with Crippen LogP contribution in [0.1, 0.15) is 24.4 Å². The van der Waals surface area contributed by atoms with Crippen molar-refractivity contribution in [3.63, 3.8) is 0 Å². The SMILES string of the molecule is COc1ccc(N2C(=O)CCC(C(=O)Nc3cc([N+](=O)[O-])ccc3F)C2c2ccccc2OC)cc1. The second-order valence-electron chi connectivity index (χ2n) is 8.20. The number of nitrogens with zero attached hydrogens (tertiary/aromatic N) is 2. The first-order valence-electron chi connectivity index (χ1n) is 11.2. The van der Waals surface area contributed by atoms with Crippen LogP contribution in [0.4, 0.5) is 21.5 Å². The molecule has 1 saturated heterocycles. The molecule has 4 rings (SSSR count). The second kappa shape index (κ2) is 10.4. The number of carbonyl (C=O) groups excluding carboxylic acids is 2. The van der Waals surface area contributed by atoms with E-state index in [-0.39, 0.29) is 30.1 Å². The zero-order valence-corrected chi connectivity index (χ0v) is 19.6. The number of halogens is 1. The lowest BCUT2D eigenvalue weighted by atomic mass is 9.82. The number of amides is 2. The van der Waals surface area contributed by atoms with E-state index in [2.05, 4.69) is 5.32 Å². The highest BCUT2D eigenvalue weighted by Crippen LogP contribution is 2.43. The molecule has 0 aliphatic carbocycles. The van der Waals surface area contributed by atoms with Crippen LogP contribution < -0.4 is 19.7 Å². The van der Waals surface area contributed by atoms with Crippen molar-refractivity contribution in [3.8, 4) is 11.5 Å². The summed E-state index contributed by atoms with van der Waals surface area (Å²) in [5.74, 6) is -1.29. The molecule has 1 heterocycles. The average molecular weight is 493 g/mol. The van der Waals surface area contributed by atoms with E-state index in [0.717, 1.165) is 18.2 Å². The Morgan fingerprint density at radius 3 is 2.47 bits per heavy atom. The molecule has 0 saturated carbocycles. The standard InChI is InChI=1S/C26H24FN3O6/c1-35-18-10-7-16(8-11-18)29-24(31)14-12-20(25(29)19-5-3-4-6-23(19)36-2)26(32)28-22-15-17(30(33)34)9-13-21(22)27/h3-11,13,15,20,25H,12,14H2,1-2H3,(H,28,32). The first kappa shape index (κ1) is 24.6. The lowest BCUT2D eigenvalue weighted by Gasteiger charge is -2.41. The van der Waals surface area contributed by atoms with Crippen molar-refractivity contribution in [2.75, 3.05) is 24.4 Å². The third-order valence-electron chi connectivity index (χ3n) is 6.16. The van der Waals surface area contributed by atoms with Gasteiger partial charge in [-0.25, -0.2) is 4.39 Å². The monoisotopic (exact) mass is 493 g/mol. The number of nitrogens with one attached hydrogen (secondary N) is 1. The molecule has 0 spiro atoms. The number of nitro groups is 1. The van der Waals surface area contributed by atoms with Gasteiger partial charge in [0.1, 0.15) is 17.3 Å². The van der Waals surface area contributed by atoms with Gasteiger partial charge in [0.05, 0.1) is 36.8 Å². The number of para-hydroxylation sites is 1. The highest BCUT2D eigenvalue weighted by Gasteiger charge is 2.43. The van der Waals surface area contributed by atoms with Gasteiger partial charge in [-0.3, -0.25) is 19.7 Å². The third kappa shape index (κ3) is 4.83. The molecule has 1 aliphatic rings. The van der Waals surface area contributed by atoms with Gasteiger partial charge < -0.3 is 19.7 Å². The molecule has 2 unspecified atom stereocenters. The minimum absolute atomic E-state index is 0.0766. The number of methoxy groups -OCH3 is 2. The van der Waals surface area contributed by atoms with Gasteiger partial charge in [-0.2, -0.15) is 0 Å². The number of hydrogen-bond acceptors (Lipinski definition) is 6. The van der Waals surface area contributed by atoms with E-state index >= 15 is 0 Å². The van der Waals surface area contributed by atoms with Crippen molar-refractivity contribution < 1.29 is 28.4 Å². The lowest BCUT2D eigenvalue weighted by Crippen LogP contribution is -2.47. The summed E-state index contributed by atoms with van der Waals surface area (Å²) in [6, 6.07) is 16.1. The topological polar surface area (TPSA) is 111 Å². The summed E-state index contributed by atoms with van der Waals surface area (Å²) >= 11 is 0. The molecule has 1 aliphatic heterocycles. The lowest BCUT2D eigenvalue weighted by molar-refractivity contribution is -0.384. The summed E-state index contributed by atoms with van der Waals surface area (Å²) in [5.41, 5.74) is 0.492. The van der Waals surface area contributed by atoms with Gasteiger partial charge >= 0.3 is 0 Å². The van der Waals surface area contributed by atoms with Crippen LogP contribution in [0.5, 0.6) is 11.5 Å². The van der Waals surface area contributed by atoms with E-state index in [1.807, 2.05) is 0 Å². The molecule has 1 N–H and O–H groups in total. The Labute approximate surface area is 206 Å². The van der Waals surface area contributed by atoms with Crippen LogP contribution >= 0.6 is 0 Å². The van der Waals surface area contributed by atoms with Crippen LogP contribution in [0.2, 0.25) is 0 Å². The predicted molar refractivity (Wildman–Crippen MR) is 131 cm³/mol. The average Bonchev–Trinajstić information content (AvgIpc) is 2.89. The molecule has 1 fully saturated rings. The van der Waals surface area contributed by atoms with E-state index in [4.69, 9.17) is 9.47 Å². The van der Waals surface area contributed by atoms with E-state index in [1.165, 1.54) is 19.1 Å². The number of benzene rings is 3. The zero-order chi connectivity index (χ0) is 25.8. The molecule has 2 amide bonds. The minimum atomic E-state index is -0.806. The summed E-state index contributed by atoms with van der Waals surface area (Å²) in [7, 11) is 3.03. The fourth-order valence-electron chi connectivity index (χ4n) is 4.43. The maximum Gasteiger partial charge on any atom is 0.271 e. The molecular weight excluding hydrogens is 469 g/mol. The second-order valence-corrected chi connectivity index (χ2v) is 8.20. The summed E-state index contributed by atoms with van der Waals surface area (Å²) in [6.45, 7) is 0. The normalized spacial score (nSPS) is 17.4. The summed E-state index contributed by atoms with van der Waals surface area (Å²) in [5, 5.41) is 13.6. The molecule has 0 radical (unpaired) electrons. The molecule has 186 valence electrons. The quantitative estimate of drug-likeness (QED) is 0.371. The highest BCUT2D eigenvalue weighted by atomic mass is 19.1. The first-order chi connectivity index (χ1) is 17.3. The maximum absolute atomic E-state index is 14.4. The van der Waals surface area contributed by atoms with Crippen LogP contribution in [-0.4, -0.2) is 31.0 Å². The van der Waals surface area contributed by atoms with Crippen LogP contribution in [0.15, 0.2) is 66.7 Å². The Morgan fingerprint density at radius 2 is 1.81 bits per heavy atom. The van der Waals surface area contributed by atoms with Gasteiger partial charge in [0.25, 0.3) is 5.69 Å². The van der Waals surface area contributed by atoms with Gasteiger partial charge in [0, 0.05) is 29.8 Å². The van der Waals surface area contributed by atoms with Crippen molar-refractivity contribution in [3.05, 3.63) is 88.2 Å². The third-order valence-corrected chi connectivity index (χ3v) is 6.16. The Balaban J connectivity index is 1.77. The number of hydrogen-bond donors (Lipinski definition) is 1. The van der Waals surface area contributed by atoms with Crippen molar-refractivity contribution >= 4 is 28.9 Å². The molecule has 0 aromatic heterocycles. The number of ether oxygens (including phenoxy) is 2. The van der Waals surface area contributed by atoms with E-state index < -0.39 is 28.6 Å². The summed E-state index contributed by atoms with van der Waals surface area (Å²) in [6.07, 6.45) is 0.268. The van der Waals surface area contributed by atoms with Crippen molar-refractivity contribution in [1.82, 2.24) is 0 Å². The fourth-order valence-corrected chi connectivity index (χ4v) is 4.43. The number of piperidine rings is 1. The van der Waals surface area contributed by atoms with Crippen LogP contribution in [0.25, 0.3) is 0 Å². The Hall–Kier alpha value is -4.47. The summed E-state index contributed by atoms with van der Waals surface area (Å²) < 4.78 is 25.2. The Morgan fingerprint density at radius 1 is 1.08 bits per heavy atom. The smallest absolute Gasteiger partial charge is 0.271 e. The highest BCUT2D eigenvalue weighted by molar-refractivity contribution is 6.00. The maximum atomic E-state index is 14.4. The molecule has 36 heavy (non-hydrogen) atoms. The molecule has 3 aromatic rings. The van der Waals surface area contributed by atoms with E-state index in [1.54, 1.807) is 48.5 Å². The van der Waals surface area contributed by atoms with E-state index in [9.17, 15) is 24.1 Å². The van der Waals surface area contributed by atoms with Crippen LogP contribution in [0.3, 0.4) is 0 Å². The fraction of sp³-hybridized carbons (Fsp3) is 0.231. The largest absolute Gasteiger partial charge is 0.497 e. The minimum Gasteiger partial charge on any atom is -0.497 e. The molecule has 9 nitrogen and oxygen atoms in total. The number of rotatable bonds is 7. The number of non-ortho nitro benzene ring substituents is 1. The molecule has 0 bridgehead atoms. The first-order valence-corrected chi connectivity index (χ1v) is 11.2. The molecule has 10 heteroatoms. The van der Waals surface area contributed by atoms with Gasteiger partial charge in [-0.05, 0) is 42.8 Å². The predicted octanol–water partition coefficient (Wildman–Crippen LogP) is 4.87. The number of carbonyl (C=O) groups is 2. The van der Waals surface area contributed by atoms with Crippen LogP contribution in [0, 0.1) is 21.8 Å². The van der Waals surface area contributed by atoms with Gasteiger partial charge in [-0.1, -0.05) is 18.2 Å². The molecule has 3 aromatic carbocycles. The van der Waals surface area contributed by atoms with Gasteiger partial charge in [0.15, 0.2) is 0 Å².